The van der Waals surface area contributed by atoms with E-state index in [0.717, 1.165) is 49.8 Å². The number of hydrogen-bond acceptors (Lipinski definition) is 3. The van der Waals surface area contributed by atoms with Gasteiger partial charge in [0, 0.05) is 41.8 Å². The second-order valence-electron chi connectivity index (χ2n) is 12.2. The molecule has 8 aromatic rings. The van der Waals surface area contributed by atoms with Gasteiger partial charge in [0.2, 0.25) is 0 Å². The van der Waals surface area contributed by atoms with Crippen LogP contribution in [0.15, 0.2) is 170 Å². The smallest absolute Gasteiger partial charge is 0.385 e. The van der Waals surface area contributed by atoms with Crippen molar-refractivity contribution in [1.29, 1.82) is 0 Å². The van der Waals surface area contributed by atoms with Crippen LogP contribution in [0.5, 0.6) is 5.75 Å². The average Bonchev–Trinajstić information content (AvgIpc) is 3.69. The topological polar surface area (TPSA) is 53.2 Å². The van der Waals surface area contributed by atoms with Crippen molar-refractivity contribution >= 4 is 33.6 Å². The molecule has 0 saturated heterocycles. The third-order valence-electron chi connectivity index (χ3n) is 8.96. The number of carbonyl (C=O) groups excluding carboxylic acids is 2. The fraction of sp³-hybridized carbons (Fsp3) is 0.0455. The van der Waals surface area contributed by atoms with Crippen LogP contribution in [0.1, 0.15) is 21.5 Å². The van der Waals surface area contributed by atoms with E-state index in [-0.39, 0.29) is 0 Å². The summed E-state index contributed by atoms with van der Waals surface area (Å²) >= 11 is 0. The highest BCUT2D eigenvalue weighted by Crippen LogP contribution is 2.34. The van der Waals surface area contributed by atoms with E-state index in [1.165, 1.54) is 0 Å². The molecule has 0 saturated carbocycles. The number of nitrogens with zero attached hydrogens (tertiary/aromatic N) is 2. The molecule has 0 unspecified atom stereocenters. The van der Waals surface area contributed by atoms with E-state index in [0.29, 0.717) is 29.8 Å². The van der Waals surface area contributed by atoms with E-state index >= 15 is 0 Å². The van der Waals surface area contributed by atoms with E-state index in [1.807, 2.05) is 132 Å². The maximum atomic E-state index is 14.1. The first-order valence-electron chi connectivity index (χ1n) is 16.3. The highest BCUT2D eigenvalue weighted by Gasteiger charge is 2.26. The monoisotopic (exact) mass is 636 g/mol. The lowest BCUT2D eigenvalue weighted by Crippen LogP contribution is -2.20. The molecule has 49 heavy (non-hydrogen) atoms. The van der Waals surface area contributed by atoms with E-state index < -0.39 is 11.8 Å². The van der Waals surface area contributed by atoms with Gasteiger partial charge in [-0.2, -0.15) is 0 Å². The van der Waals surface area contributed by atoms with Gasteiger partial charge in [0.05, 0.1) is 11.1 Å². The molecule has 0 spiro atoms. The molecule has 0 fully saturated rings. The molecule has 5 nitrogen and oxygen atoms in total. The quantitative estimate of drug-likeness (QED) is 0.0901. The van der Waals surface area contributed by atoms with Crippen molar-refractivity contribution in [2.24, 2.45) is 0 Å². The van der Waals surface area contributed by atoms with Crippen LogP contribution in [0.2, 0.25) is 0 Å². The van der Waals surface area contributed by atoms with Crippen LogP contribution >= 0.6 is 0 Å². The Morgan fingerprint density at radius 3 is 1.45 bits per heavy atom. The molecular formula is C44H32N2O3. The normalized spacial score (nSPS) is 11.2. The Morgan fingerprint density at radius 1 is 0.469 bits per heavy atom. The van der Waals surface area contributed by atoms with E-state index in [4.69, 9.17) is 4.74 Å². The number of fused-ring (bicyclic) bond motifs is 2. The van der Waals surface area contributed by atoms with Crippen LogP contribution in [-0.4, -0.2) is 20.9 Å². The van der Waals surface area contributed by atoms with Gasteiger partial charge in [-0.3, -0.25) is 4.79 Å². The molecule has 0 atom stereocenters. The highest BCUT2D eigenvalue weighted by atomic mass is 16.5. The number of benzene rings is 6. The van der Waals surface area contributed by atoms with Crippen LogP contribution in [-0.2, 0) is 17.9 Å². The number of ether oxygens (including phenoxy) is 1. The predicted octanol–water partition coefficient (Wildman–Crippen LogP) is 9.81. The first-order chi connectivity index (χ1) is 24.1. The minimum Gasteiger partial charge on any atom is -0.418 e. The number of rotatable bonds is 9. The van der Waals surface area contributed by atoms with Gasteiger partial charge < -0.3 is 13.9 Å². The fourth-order valence-electron chi connectivity index (χ4n) is 6.52. The summed E-state index contributed by atoms with van der Waals surface area (Å²) in [6.45, 7) is 1.14. The molecule has 0 N–H and O–H groups in total. The van der Waals surface area contributed by atoms with Gasteiger partial charge in [0.15, 0.2) is 5.75 Å². The van der Waals surface area contributed by atoms with Gasteiger partial charge in [0.1, 0.15) is 0 Å². The summed E-state index contributed by atoms with van der Waals surface area (Å²) in [6, 6.07) is 52.5. The number of esters is 1. The van der Waals surface area contributed by atoms with Gasteiger partial charge in [-0.1, -0.05) is 133 Å². The lowest BCUT2D eigenvalue weighted by atomic mass is 10.0. The first-order valence-corrected chi connectivity index (χ1v) is 16.3. The van der Waals surface area contributed by atoms with E-state index in [2.05, 4.69) is 41.0 Å². The average molecular weight is 637 g/mol. The van der Waals surface area contributed by atoms with Crippen LogP contribution in [0.4, 0.5) is 0 Å². The Hall–Kier alpha value is -6.46. The summed E-state index contributed by atoms with van der Waals surface area (Å²) < 4.78 is 10.1. The number of Topliss-reactive ketones (excluding diaryl/α,β-unsaturated/α-hetero) is 1. The van der Waals surface area contributed by atoms with Crippen molar-refractivity contribution in [3.8, 4) is 28.0 Å². The van der Waals surface area contributed by atoms with Crippen molar-refractivity contribution in [3.63, 3.8) is 0 Å². The first kappa shape index (κ1) is 29.9. The lowest BCUT2D eigenvalue weighted by Gasteiger charge is -2.07. The molecule has 8 rings (SSSR count). The number of aromatic nitrogens is 2. The second kappa shape index (κ2) is 13.0. The molecule has 0 aliphatic carbocycles. The largest absolute Gasteiger partial charge is 0.418 e. The summed E-state index contributed by atoms with van der Waals surface area (Å²) in [6.07, 6.45) is 3.60. The Labute approximate surface area is 284 Å². The van der Waals surface area contributed by atoms with E-state index in [1.54, 1.807) is 6.20 Å². The standard InChI is InChI=1S/C44H32N2O3/c47-43(39-29-45(27-31-13-5-1-6-14-31)40-23-21-35(25-37(39)40)33-17-9-3-10-18-33)44(48)49-42-30-46(28-32-15-7-2-8-16-32)41-24-22-36(26-38(41)42)34-19-11-4-12-20-34/h1-26,29-30H,27-28H2. The highest BCUT2D eigenvalue weighted by molar-refractivity contribution is 6.43. The van der Waals surface area contributed by atoms with Crippen LogP contribution in [0.3, 0.4) is 0 Å². The Morgan fingerprint density at radius 2 is 0.918 bits per heavy atom. The maximum absolute atomic E-state index is 14.1. The maximum Gasteiger partial charge on any atom is 0.385 e. The molecule has 2 aromatic heterocycles. The second-order valence-corrected chi connectivity index (χ2v) is 12.2. The van der Waals surface area contributed by atoms with Gasteiger partial charge in [-0.05, 0) is 57.6 Å². The number of carbonyl (C=O) groups is 2. The molecule has 0 amide bonds. The van der Waals surface area contributed by atoms with Crippen molar-refractivity contribution < 1.29 is 14.3 Å². The molecule has 0 bridgehead atoms. The summed E-state index contributed by atoms with van der Waals surface area (Å²) in [4.78, 5) is 28.0. The van der Waals surface area contributed by atoms with Crippen molar-refractivity contribution in [1.82, 2.24) is 9.13 Å². The summed E-state index contributed by atoms with van der Waals surface area (Å²) in [5, 5.41) is 1.47. The fourth-order valence-corrected chi connectivity index (χ4v) is 6.52. The molecular weight excluding hydrogens is 604 g/mol. The Balaban J connectivity index is 1.18. The summed E-state index contributed by atoms with van der Waals surface area (Å²) in [5.74, 6) is -1.27. The summed E-state index contributed by atoms with van der Waals surface area (Å²) in [7, 11) is 0. The van der Waals surface area contributed by atoms with Crippen LogP contribution in [0, 0.1) is 0 Å². The third-order valence-corrected chi connectivity index (χ3v) is 8.96. The van der Waals surface area contributed by atoms with Crippen LogP contribution in [0.25, 0.3) is 44.1 Å². The van der Waals surface area contributed by atoms with Crippen molar-refractivity contribution in [2.45, 2.75) is 13.1 Å². The van der Waals surface area contributed by atoms with Gasteiger partial charge in [-0.15, -0.1) is 0 Å². The molecule has 236 valence electrons. The van der Waals surface area contributed by atoms with Gasteiger partial charge >= 0.3 is 5.97 Å². The molecule has 2 heterocycles. The Kier molecular flexibility index (Phi) is 7.92. The molecule has 5 heteroatoms. The van der Waals surface area contributed by atoms with Gasteiger partial charge in [0.25, 0.3) is 5.78 Å². The number of hydrogen-bond donors (Lipinski definition) is 0. The molecule has 0 radical (unpaired) electrons. The lowest BCUT2D eigenvalue weighted by molar-refractivity contribution is -0.129. The zero-order chi connectivity index (χ0) is 33.2. The van der Waals surface area contributed by atoms with Crippen molar-refractivity contribution in [3.05, 3.63) is 187 Å². The minimum absolute atomic E-state index is 0.312. The predicted molar refractivity (Wildman–Crippen MR) is 196 cm³/mol. The molecule has 0 aliphatic rings. The number of ketones is 1. The third kappa shape index (κ3) is 6.06. The SMILES string of the molecule is O=C(Oc1cn(Cc2ccccc2)c2ccc(-c3ccccc3)cc12)C(=O)c1cn(Cc2ccccc2)c2ccc(-c3ccccc3)cc12. The summed E-state index contributed by atoms with van der Waals surface area (Å²) in [5.41, 5.74) is 8.33. The molecule has 0 aliphatic heterocycles. The Bertz CT molecular complexity index is 2430. The van der Waals surface area contributed by atoms with Crippen LogP contribution < -0.4 is 4.74 Å². The van der Waals surface area contributed by atoms with E-state index in [9.17, 15) is 9.59 Å². The van der Waals surface area contributed by atoms with Gasteiger partial charge in [-0.25, -0.2) is 4.79 Å². The molecule has 6 aromatic carbocycles. The zero-order valence-electron chi connectivity index (χ0n) is 26.7. The van der Waals surface area contributed by atoms with Crippen molar-refractivity contribution in [2.75, 3.05) is 0 Å². The zero-order valence-corrected chi connectivity index (χ0v) is 26.7. The minimum atomic E-state index is -0.923.